The van der Waals surface area contributed by atoms with Crippen molar-refractivity contribution in [2.24, 2.45) is 0 Å². The molecule has 5 heteroatoms. The normalized spacial score (nSPS) is 34.8. The Morgan fingerprint density at radius 1 is 1.30 bits per heavy atom. The zero-order valence-corrected chi connectivity index (χ0v) is 14.0. The van der Waals surface area contributed by atoms with Gasteiger partial charge in [-0.2, -0.15) is 11.8 Å². The van der Waals surface area contributed by atoms with Crippen LogP contribution in [0.15, 0.2) is 0 Å². The van der Waals surface area contributed by atoms with Crippen molar-refractivity contribution in [2.45, 2.75) is 56.6 Å². The third kappa shape index (κ3) is 3.89. The monoisotopic (exact) mass is 300 g/mol. The highest BCUT2D eigenvalue weighted by Gasteiger charge is 2.32. The van der Waals surface area contributed by atoms with E-state index in [1.165, 1.54) is 19.3 Å². The molecule has 0 radical (unpaired) electrons. The van der Waals surface area contributed by atoms with E-state index in [1.807, 2.05) is 30.5 Å². The molecular weight excluding hydrogens is 272 g/mol. The van der Waals surface area contributed by atoms with Crippen LogP contribution in [0.2, 0.25) is 0 Å². The molecule has 1 heterocycles. The maximum atomic E-state index is 12.5. The van der Waals surface area contributed by atoms with Crippen molar-refractivity contribution in [3.63, 3.8) is 0 Å². The number of carbonyl (C=O) groups excluding carboxylic acids is 1. The molecule has 0 spiro atoms. The summed E-state index contributed by atoms with van der Waals surface area (Å²) >= 11 is 1.95. The Morgan fingerprint density at radius 3 is 2.55 bits per heavy atom. The van der Waals surface area contributed by atoms with Crippen molar-refractivity contribution >= 4 is 17.7 Å². The van der Waals surface area contributed by atoms with Crippen LogP contribution >= 0.6 is 11.8 Å². The predicted molar refractivity (Wildman–Crippen MR) is 84.2 cm³/mol. The molecule has 1 aliphatic heterocycles. The van der Waals surface area contributed by atoms with Crippen LogP contribution in [0.4, 0.5) is 0 Å². The summed E-state index contributed by atoms with van der Waals surface area (Å²) in [4.78, 5) is 16.7. The number of thioether (sulfide) groups is 1. The fourth-order valence-electron chi connectivity index (χ4n) is 3.50. The maximum Gasteiger partial charge on any atom is 0.236 e. The van der Waals surface area contributed by atoms with Gasteiger partial charge in [0.2, 0.25) is 5.91 Å². The molecule has 4 atom stereocenters. The van der Waals surface area contributed by atoms with Gasteiger partial charge < -0.3 is 9.64 Å². The van der Waals surface area contributed by atoms with Gasteiger partial charge in [0, 0.05) is 24.4 Å². The lowest BCUT2D eigenvalue weighted by Gasteiger charge is -2.37. The number of ether oxygens (including phenoxy) is 1. The van der Waals surface area contributed by atoms with Crippen LogP contribution in [-0.4, -0.2) is 72.1 Å². The SMILES string of the molecule is CS[C@@H]1CCC[C@@H]1N(C)CC(=O)N1C[C@H](C)O[C@@H](C)C1. The molecule has 1 amide bonds. The largest absolute Gasteiger partial charge is 0.372 e. The van der Waals surface area contributed by atoms with E-state index in [1.54, 1.807) is 0 Å². The summed E-state index contributed by atoms with van der Waals surface area (Å²) in [6, 6.07) is 0.560. The van der Waals surface area contributed by atoms with E-state index >= 15 is 0 Å². The van der Waals surface area contributed by atoms with E-state index in [0.717, 1.165) is 13.1 Å². The first kappa shape index (κ1) is 16.1. The molecule has 116 valence electrons. The molecule has 2 fully saturated rings. The highest BCUT2D eigenvalue weighted by molar-refractivity contribution is 7.99. The molecular formula is C15H28N2O2S. The van der Waals surface area contributed by atoms with Crippen LogP contribution < -0.4 is 0 Å². The standard InChI is InChI=1S/C15H28N2O2S/c1-11-8-17(9-12(2)19-11)15(18)10-16(3)13-6-5-7-14(13)20-4/h11-14H,5-10H2,1-4H3/t11-,12-,13-,14+/m0/s1. The number of likely N-dealkylation sites (N-methyl/N-ethyl adjacent to an activating group) is 1. The van der Waals surface area contributed by atoms with E-state index in [4.69, 9.17) is 4.74 Å². The average Bonchev–Trinajstić information content (AvgIpc) is 2.85. The Balaban J connectivity index is 1.87. The first-order chi connectivity index (χ1) is 9.51. The Hall–Kier alpha value is -0.260. The molecule has 2 rings (SSSR count). The predicted octanol–water partition coefficient (Wildman–Crippen LogP) is 1.84. The molecule has 1 aliphatic carbocycles. The second-order valence-electron chi connectivity index (χ2n) is 6.24. The summed E-state index contributed by atoms with van der Waals surface area (Å²) in [5.74, 6) is 0.251. The van der Waals surface area contributed by atoms with Crippen LogP contribution in [-0.2, 0) is 9.53 Å². The smallest absolute Gasteiger partial charge is 0.236 e. The lowest BCUT2D eigenvalue weighted by molar-refractivity contribution is -0.144. The van der Waals surface area contributed by atoms with Crippen molar-refractivity contribution in [3.8, 4) is 0 Å². The minimum absolute atomic E-state index is 0.151. The lowest BCUT2D eigenvalue weighted by Crippen LogP contribution is -2.52. The topological polar surface area (TPSA) is 32.8 Å². The second-order valence-corrected chi connectivity index (χ2v) is 7.32. The summed E-state index contributed by atoms with van der Waals surface area (Å²) in [5, 5.41) is 0.690. The van der Waals surface area contributed by atoms with E-state index in [9.17, 15) is 4.79 Å². The zero-order chi connectivity index (χ0) is 14.7. The third-order valence-electron chi connectivity index (χ3n) is 4.44. The summed E-state index contributed by atoms with van der Waals surface area (Å²) in [7, 11) is 2.10. The molecule has 4 nitrogen and oxygen atoms in total. The molecule has 1 saturated heterocycles. The molecule has 0 N–H and O–H groups in total. The van der Waals surface area contributed by atoms with E-state index < -0.39 is 0 Å². The number of hydrogen-bond acceptors (Lipinski definition) is 4. The summed E-state index contributed by atoms with van der Waals surface area (Å²) in [6.45, 7) is 6.09. The van der Waals surface area contributed by atoms with Crippen LogP contribution in [0, 0.1) is 0 Å². The van der Waals surface area contributed by atoms with Crippen LogP contribution in [0.5, 0.6) is 0 Å². The minimum atomic E-state index is 0.151. The minimum Gasteiger partial charge on any atom is -0.372 e. The number of nitrogens with zero attached hydrogens (tertiary/aromatic N) is 2. The fraction of sp³-hybridized carbons (Fsp3) is 0.933. The van der Waals surface area contributed by atoms with Gasteiger partial charge in [0.05, 0.1) is 18.8 Å². The molecule has 0 bridgehead atoms. The first-order valence-corrected chi connectivity index (χ1v) is 8.96. The lowest BCUT2D eigenvalue weighted by atomic mass is 10.2. The van der Waals surface area contributed by atoms with Gasteiger partial charge in [-0.1, -0.05) is 6.42 Å². The number of morpholine rings is 1. The molecule has 20 heavy (non-hydrogen) atoms. The highest BCUT2D eigenvalue weighted by atomic mass is 32.2. The molecule has 0 unspecified atom stereocenters. The number of rotatable bonds is 4. The van der Waals surface area contributed by atoms with Gasteiger partial charge in [-0.05, 0) is 40.0 Å². The highest BCUT2D eigenvalue weighted by Crippen LogP contribution is 2.31. The Labute approximate surface area is 127 Å². The first-order valence-electron chi connectivity index (χ1n) is 7.67. The number of amides is 1. The van der Waals surface area contributed by atoms with Gasteiger partial charge in [-0.15, -0.1) is 0 Å². The summed E-state index contributed by atoms with van der Waals surface area (Å²) in [6.07, 6.45) is 6.29. The van der Waals surface area contributed by atoms with Crippen molar-refractivity contribution in [2.75, 3.05) is 32.9 Å². The average molecular weight is 300 g/mol. The van der Waals surface area contributed by atoms with Gasteiger partial charge in [0.1, 0.15) is 0 Å². The molecule has 2 aliphatic rings. The van der Waals surface area contributed by atoms with Crippen molar-refractivity contribution < 1.29 is 9.53 Å². The number of hydrogen-bond donors (Lipinski definition) is 0. The zero-order valence-electron chi connectivity index (χ0n) is 13.2. The molecule has 0 aromatic heterocycles. The Bertz CT molecular complexity index is 330. The van der Waals surface area contributed by atoms with Gasteiger partial charge in [-0.25, -0.2) is 0 Å². The quantitative estimate of drug-likeness (QED) is 0.793. The van der Waals surface area contributed by atoms with E-state index in [0.29, 0.717) is 17.8 Å². The Kier molecular flexibility index (Phi) is 5.75. The van der Waals surface area contributed by atoms with Gasteiger partial charge in [0.25, 0.3) is 0 Å². The van der Waals surface area contributed by atoms with Gasteiger partial charge >= 0.3 is 0 Å². The van der Waals surface area contributed by atoms with Crippen LogP contribution in [0.25, 0.3) is 0 Å². The molecule has 1 saturated carbocycles. The maximum absolute atomic E-state index is 12.5. The Morgan fingerprint density at radius 2 is 1.95 bits per heavy atom. The van der Waals surface area contributed by atoms with Gasteiger partial charge in [0.15, 0.2) is 0 Å². The van der Waals surface area contributed by atoms with E-state index in [2.05, 4.69) is 18.2 Å². The third-order valence-corrected chi connectivity index (χ3v) is 5.60. The van der Waals surface area contributed by atoms with Crippen molar-refractivity contribution in [1.82, 2.24) is 9.80 Å². The molecule has 0 aromatic carbocycles. The van der Waals surface area contributed by atoms with Crippen LogP contribution in [0.1, 0.15) is 33.1 Å². The van der Waals surface area contributed by atoms with Gasteiger partial charge in [-0.3, -0.25) is 9.69 Å². The van der Waals surface area contributed by atoms with Crippen LogP contribution in [0.3, 0.4) is 0 Å². The second kappa shape index (κ2) is 7.14. The fourth-order valence-corrected chi connectivity index (χ4v) is 4.56. The van der Waals surface area contributed by atoms with Crippen molar-refractivity contribution in [1.29, 1.82) is 0 Å². The number of carbonyl (C=O) groups is 1. The molecule has 0 aromatic rings. The van der Waals surface area contributed by atoms with Crippen molar-refractivity contribution in [3.05, 3.63) is 0 Å². The summed E-state index contributed by atoms with van der Waals surface area (Å²) in [5.41, 5.74) is 0. The summed E-state index contributed by atoms with van der Waals surface area (Å²) < 4.78 is 5.69. The van der Waals surface area contributed by atoms with E-state index in [-0.39, 0.29) is 18.1 Å².